The summed E-state index contributed by atoms with van der Waals surface area (Å²) < 4.78 is 16.5. The first-order chi connectivity index (χ1) is 10.0. The Morgan fingerprint density at radius 1 is 1.33 bits per heavy atom. The lowest BCUT2D eigenvalue weighted by Gasteiger charge is -2.34. The van der Waals surface area contributed by atoms with Crippen LogP contribution in [0.4, 0.5) is 4.39 Å². The highest BCUT2D eigenvalue weighted by Gasteiger charge is 2.29. The lowest BCUT2D eigenvalue weighted by molar-refractivity contribution is 0.184. The van der Waals surface area contributed by atoms with Gasteiger partial charge in [-0.15, -0.1) is 11.6 Å². The molecule has 114 valence electrons. The first-order valence-corrected chi connectivity index (χ1v) is 8.75. The van der Waals surface area contributed by atoms with Crippen LogP contribution < -0.4 is 0 Å². The van der Waals surface area contributed by atoms with Crippen molar-refractivity contribution in [2.24, 2.45) is 5.41 Å². The van der Waals surface area contributed by atoms with E-state index in [1.807, 2.05) is 0 Å². The maximum absolute atomic E-state index is 13.9. The normalized spacial score (nSPS) is 18.3. The van der Waals surface area contributed by atoms with Crippen molar-refractivity contribution >= 4 is 38.6 Å². The summed E-state index contributed by atoms with van der Waals surface area (Å²) in [5, 5.41) is 0. The topological polar surface area (TPSA) is 17.8 Å². The zero-order valence-electron chi connectivity index (χ0n) is 12.1. The first-order valence-electron chi connectivity index (χ1n) is 7.42. The summed E-state index contributed by atoms with van der Waals surface area (Å²) in [5.74, 6) is 0.929. The Bertz CT molecular complexity index is 662. The summed E-state index contributed by atoms with van der Waals surface area (Å²) in [6.45, 7) is 3.19. The molecule has 1 aliphatic rings. The van der Waals surface area contributed by atoms with Gasteiger partial charge in [0, 0.05) is 12.6 Å². The van der Waals surface area contributed by atoms with E-state index in [0.29, 0.717) is 10.4 Å². The summed E-state index contributed by atoms with van der Waals surface area (Å²) >= 11 is 9.28. The third-order valence-corrected chi connectivity index (χ3v) is 5.44. The van der Waals surface area contributed by atoms with Gasteiger partial charge in [0.15, 0.2) is 0 Å². The third kappa shape index (κ3) is 2.98. The molecule has 0 N–H and O–H groups in total. The fraction of sp³-hybridized carbons (Fsp3) is 0.562. The predicted molar refractivity (Wildman–Crippen MR) is 88.1 cm³/mol. The van der Waals surface area contributed by atoms with Crippen LogP contribution in [0.15, 0.2) is 16.6 Å². The second-order valence-electron chi connectivity index (χ2n) is 6.37. The number of benzene rings is 1. The molecular formula is C16H19BrClFN2. The van der Waals surface area contributed by atoms with E-state index < -0.39 is 0 Å². The highest BCUT2D eigenvalue weighted by atomic mass is 79.9. The smallest absolute Gasteiger partial charge is 0.139 e. The van der Waals surface area contributed by atoms with E-state index in [9.17, 15) is 4.39 Å². The molecule has 1 aromatic carbocycles. The van der Waals surface area contributed by atoms with Gasteiger partial charge in [-0.05, 0) is 40.3 Å². The van der Waals surface area contributed by atoms with Crippen molar-refractivity contribution in [2.75, 3.05) is 0 Å². The van der Waals surface area contributed by atoms with Crippen molar-refractivity contribution in [3.8, 4) is 0 Å². The van der Waals surface area contributed by atoms with Crippen molar-refractivity contribution in [2.45, 2.75) is 51.5 Å². The molecule has 1 aliphatic carbocycles. The van der Waals surface area contributed by atoms with Crippen molar-refractivity contribution in [1.82, 2.24) is 9.55 Å². The minimum absolute atomic E-state index is 0.251. The zero-order chi connectivity index (χ0) is 15.0. The predicted octanol–water partition coefficient (Wildman–Crippen LogP) is 5.65. The van der Waals surface area contributed by atoms with Gasteiger partial charge >= 0.3 is 0 Å². The Balaban J connectivity index is 2.05. The maximum Gasteiger partial charge on any atom is 0.139 e. The first kappa shape index (κ1) is 15.3. The van der Waals surface area contributed by atoms with Gasteiger partial charge in [-0.2, -0.15) is 0 Å². The number of alkyl halides is 1. The number of imidazole rings is 1. The molecule has 0 aliphatic heterocycles. The quantitative estimate of drug-likeness (QED) is 0.636. The van der Waals surface area contributed by atoms with E-state index in [-0.39, 0.29) is 11.2 Å². The highest BCUT2D eigenvalue weighted by molar-refractivity contribution is 9.10. The van der Waals surface area contributed by atoms with E-state index >= 15 is 0 Å². The summed E-state index contributed by atoms with van der Waals surface area (Å²) in [6.07, 6.45) is 6.31. The summed E-state index contributed by atoms with van der Waals surface area (Å²) in [5.41, 5.74) is 1.91. The van der Waals surface area contributed by atoms with Crippen LogP contribution in [0.25, 0.3) is 11.0 Å². The minimum atomic E-state index is -0.251. The van der Waals surface area contributed by atoms with Gasteiger partial charge in [0.25, 0.3) is 0 Å². The van der Waals surface area contributed by atoms with E-state index in [2.05, 4.69) is 32.4 Å². The lowest BCUT2D eigenvalue weighted by atomic mass is 9.75. The van der Waals surface area contributed by atoms with Gasteiger partial charge < -0.3 is 4.57 Å². The van der Waals surface area contributed by atoms with Crippen molar-refractivity contribution in [3.05, 3.63) is 28.2 Å². The summed E-state index contributed by atoms with van der Waals surface area (Å²) in [4.78, 5) is 4.56. The van der Waals surface area contributed by atoms with Gasteiger partial charge in [-0.25, -0.2) is 9.37 Å². The molecule has 2 aromatic rings. The Morgan fingerprint density at radius 2 is 2.05 bits per heavy atom. The average molecular weight is 374 g/mol. The number of hydrogen-bond acceptors (Lipinski definition) is 1. The molecule has 0 radical (unpaired) electrons. The number of halogens is 3. The number of rotatable bonds is 3. The maximum atomic E-state index is 13.9. The number of hydrogen-bond donors (Lipinski definition) is 0. The summed E-state index contributed by atoms with van der Waals surface area (Å²) in [6, 6.07) is 3.30. The van der Waals surface area contributed by atoms with Gasteiger partial charge in [0.05, 0.1) is 21.4 Å². The Morgan fingerprint density at radius 3 is 2.71 bits per heavy atom. The molecule has 1 saturated carbocycles. The molecule has 0 spiro atoms. The second kappa shape index (κ2) is 5.88. The molecule has 0 saturated heterocycles. The van der Waals surface area contributed by atoms with E-state index in [1.54, 1.807) is 12.1 Å². The molecule has 2 nitrogen and oxygen atoms in total. The fourth-order valence-corrected chi connectivity index (χ4v) is 3.93. The molecule has 1 heterocycles. The Labute approximate surface area is 137 Å². The standard InChI is InChI=1S/C16H19BrClFN2/c1-16(5-3-2-4-6-16)10-21-14-8-12(19)11(17)7-13(14)20-15(21)9-18/h7-8H,2-6,9-10H2,1H3. The van der Waals surface area contributed by atoms with Crippen molar-refractivity contribution in [3.63, 3.8) is 0 Å². The largest absolute Gasteiger partial charge is 0.326 e. The molecule has 0 unspecified atom stereocenters. The van der Waals surface area contributed by atoms with Crippen LogP contribution in [0.2, 0.25) is 0 Å². The molecule has 21 heavy (non-hydrogen) atoms. The van der Waals surface area contributed by atoms with Crippen LogP contribution >= 0.6 is 27.5 Å². The van der Waals surface area contributed by atoms with Gasteiger partial charge in [0.2, 0.25) is 0 Å². The van der Waals surface area contributed by atoms with Crippen LogP contribution in [-0.4, -0.2) is 9.55 Å². The molecule has 0 bridgehead atoms. The van der Waals surface area contributed by atoms with E-state index in [1.165, 1.54) is 32.1 Å². The van der Waals surface area contributed by atoms with Gasteiger partial charge in [0.1, 0.15) is 11.6 Å². The Hall–Kier alpha value is -0.610. The number of nitrogens with zero attached hydrogens (tertiary/aromatic N) is 2. The molecule has 0 amide bonds. The average Bonchev–Trinajstić information content (AvgIpc) is 2.77. The minimum Gasteiger partial charge on any atom is -0.326 e. The third-order valence-electron chi connectivity index (χ3n) is 4.59. The second-order valence-corrected chi connectivity index (χ2v) is 7.50. The van der Waals surface area contributed by atoms with Crippen LogP contribution in [0.5, 0.6) is 0 Å². The van der Waals surface area contributed by atoms with Gasteiger partial charge in [-0.1, -0.05) is 26.2 Å². The molecular weight excluding hydrogens is 355 g/mol. The Kier molecular flexibility index (Phi) is 4.28. The van der Waals surface area contributed by atoms with Crippen LogP contribution in [0.3, 0.4) is 0 Å². The number of aromatic nitrogens is 2. The molecule has 5 heteroatoms. The molecule has 3 rings (SSSR count). The van der Waals surface area contributed by atoms with Crippen molar-refractivity contribution < 1.29 is 4.39 Å². The lowest BCUT2D eigenvalue weighted by Crippen LogP contribution is -2.26. The molecule has 1 fully saturated rings. The molecule has 1 aromatic heterocycles. The highest BCUT2D eigenvalue weighted by Crippen LogP contribution is 2.38. The van der Waals surface area contributed by atoms with E-state index in [4.69, 9.17) is 11.6 Å². The zero-order valence-corrected chi connectivity index (χ0v) is 14.5. The molecule has 0 atom stereocenters. The SMILES string of the molecule is CC1(Cn2c(CCl)nc3cc(Br)c(F)cc32)CCCCC1. The monoisotopic (exact) mass is 372 g/mol. The fourth-order valence-electron chi connectivity index (χ4n) is 3.39. The van der Waals surface area contributed by atoms with E-state index in [0.717, 1.165) is 23.4 Å². The number of fused-ring (bicyclic) bond motifs is 1. The van der Waals surface area contributed by atoms with Crippen LogP contribution in [0.1, 0.15) is 44.9 Å². The van der Waals surface area contributed by atoms with Crippen LogP contribution in [0, 0.1) is 11.2 Å². The van der Waals surface area contributed by atoms with Gasteiger partial charge in [-0.3, -0.25) is 0 Å². The van der Waals surface area contributed by atoms with Crippen molar-refractivity contribution in [1.29, 1.82) is 0 Å². The summed E-state index contributed by atoms with van der Waals surface area (Å²) in [7, 11) is 0. The van der Waals surface area contributed by atoms with Crippen LogP contribution in [-0.2, 0) is 12.4 Å².